The minimum atomic E-state index is -0.728. The van der Waals surface area contributed by atoms with Gasteiger partial charge in [0.05, 0.1) is 26.5 Å². The lowest BCUT2D eigenvalue weighted by Gasteiger charge is -2.12. The van der Waals surface area contributed by atoms with Gasteiger partial charge in [-0.2, -0.15) is 0 Å². The minimum absolute atomic E-state index is 0.151. The fraction of sp³-hybridized carbons (Fsp3) is 0.222. The molecule has 0 bridgehead atoms. The zero-order valence-electron chi connectivity index (χ0n) is 14.4. The second kappa shape index (κ2) is 9.28. The SMILES string of the molecule is COc1cc(CO)ccc1NC(=O)NC(=O)COc1ccccc1OC. The number of ether oxygens (including phenoxy) is 3. The maximum absolute atomic E-state index is 12.0. The Kier molecular flexibility index (Phi) is 6.81. The van der Waals surface area contributed by atoms with E-state index in [1.54, 1.807) is 42.5 Å². The number of amides is 3. The molecule has 3 N–H and O–H groups in total. The Morgan fingerprint density at radius 1 is 1.00 bits per heavy atom. The molecule has 0 saturated heterocycles. The largest absolute Gasteiger partial charge is 0.495 e. The number of methoxy groups -OCH3 is 2. The van der Waals surface area contributed by atoms with Crippen molar-refractivity contribution in [2.75, 3.05) is 26.1 Å². The monoisotopic (exact) mass is 360 g/mol. The molecule has 0 radical (unpaired) electrons. The van der Waals surface area contributed by atoms with Crippen molar-refractivity contribution in [3.63, 3.8) is 0 Å². The normalized spacial score (nSPS) is 9.96. The molecule has 0 fully saturated rings. The number of hydrogen-bond donors (Lipinski definition) is 3. The van der Waals surface area contributed by atoms with Crippen LogP contribution in [0.4, 0.5) is 10.5 Å². The van der Waals surface area contributed by atoms with Gasteiger partial charge in [0.2, 0.25) is 0 Å². The van der Waals surface area contributed by atoms with Gasteiger partial charge in [-0.05, 0) is 29.8 Å². The van der Waals surface area contributed by atoms with Crippen LogP contribution in [0, 0.1) is 0 Å². The van der Waals surface area contributed by atoms with Gasteiger partial charge < -0.3 is 24.6 Å². The standard InChI is InChI=1S/C18H20N2O6/c1-24-14-5-3-4-6-15(14)26-11-17(22)20-18(23)19-13-8-7-12(10-21)9-16(13)25-2/h3-9,21H,10-11H2,1-2H3,(H2,19,20,22,23). The van der Waals surface area contributed by atoms with Gasteiger partial charge in [0.1, 0.15) is 5.75 Å². The molecule has 3 amide bonds. The van der Waals surface area contributed by atoms with Crippen molar-refractivity contribution >= 4 is 17.6 Å². The molecular formula is C18H20N2O6. The molecule has 2 rings (SSSR count). The van der Waals surface area contributed by atoms with Crippen molar-refractivity contribution in [1.82, 2.24) is 5.32 Å². The maximum Gasteiger partial charge on any atom is 0.326 e. The predicted molar refractivity (Wildman–Crippen MR) is 94.6 cm³/mol. The van der Waals surface area contributed by atoms with Crippen LogP contribution in [0.1, 0.15) is 5.56 Å². The van der Waals surface area contributed by atoms with E-state index in [9.17, 15) is 9.59 Å². The molecule has 2 aromatic rings. The highest BCUT2D eigenvalue weighted by atomic mass is 16.5. The highest BCUT2D eigenvalue weighted by Gasteiger charge is 2.13. The number of anilines is 1. The van der Waals surface area contributed by atoms with E-state index in [0.29, 0.717) is 28.5 Å². The quantitative estimate of drug-likeness (QED) is 0.697. The van der Waals surface area contributed by atoms with Gasteiger partial charge in [-0.15, -0.1) is 0 Å². The summed E-state index contributed by atoms with van der Waals surface area (Å²) in [5, 5.41) is 13.8. The highest BCUT2D eigenvalue weighted by molar-refractivity contribution is 6.02. The topological polar surface area (TPSA) is 106 Å². The third-order valence-corrected chi connectivity index (χ3v) is 3.38. The molecule has 0 unspecified atom stereocenters. The summed E-state index contributed by atoms with van der Waals surface area (Å²) >= 11 is 0. The van der Waals surface area contributed by atoms with Crippen molar-refractivity contribution in [3.05, 3.63) is 48.0 Å². The van der Waals surface area contributed by atoms with Gasteiger partial charge in [0.15, 0.2) is 18.1 Å². The number of carbonyl (C=O) groups excluding carboxylic acids is 2. The summed E-state index contributed by atoms with van der Waals surface area (Å²) in [6, 6.07) is 10.9. The first kappa shape index (κ1) is 19.1. The summed E-state index contributed by atoms with van der Waals surface area (Å²) in [4.78, 5) is 23.8. The van der Waals surface area contributed by atoms with Crippen LogP contribution in [0.2, 0.25) is 0 Å². The van der Waals surface area contributed by atoms with Crippen LogP contribution in [0.3, 0.4) is 0 Å². The van der Waals surface area contributed by atoms with Crippen LogP contribution in [0.5, 0.6) is 17.2 Å². The first-order valence-electron chi connectivity index (χ1n) is 7.71. The zero-order chi connectivity index (χ0) is 18.9. The molecule has 0 aromatic heterocycles. The van der Waals surface area contributed by atoms with Gasteiger partial charge in [0, 0.05) is 0 Å². The molecular weight excluding hydrogens is 340 g/mol. The van der Waals surface area contributed by atoms with Crippen LogP contribution < -0.4 is 24.8 Å². The second-order valence-corrected chi connectivity index (χ2v) is 5.13. The average Bonchev–Trinajstić information content (AvgIpc) is 2.66. The molecule has 8 nitrogen and oxygen atoms in total. The van der Waals surface area contributed by atoms with Crippen molar-refractivity contribution in [1.29, 1.82) is 0 Å². The molecule has 0 aliphatic rings. The lowest BCUT2D eigenvalue weighted by Crippen LogP contribution is -2.37. The third-order valence-electron chi connectivity index (χ3n) is 3.38. The van der Waals surface area contributed by atoms with E-state index < -0.39 is 11.9 Å². The molecule has 0 aliphatic heterocycles. The number of para-hydroxylation sites is 2. The Balaban J connectivity index is 1.90. The number of imide groups is 1. The van der Waals surface area contributed by atoms with E-state index in [4.69, 9.17) is 19.3 Å². The molecule has 0 saturated carbocycles. The van der Waals surface area contributed by atoms with E-state index in [-0.39, 0.29) is 13.2 Å². The molecule has 8 heteroatoms. The van der Waals surface area contributed by atoms with Crippen molar-refractivity contribution in [2.24, 2.45) is 0 Å². The van der Waals surface area contributed by atoms with Crippen molar-refractivity contribution in [3.8, 4) is 17.2 Å². The van der Waals surface area contributed by atoms with Gasteiger partial charge >= 0.3 is 6.03 Å². The number of carbonyl (C=O) groups is 2. The molecule has 26 heavy (non-hydrogen) atoms. The van der Waals surface area contributed by atoms with Crippen molar-refractivity contribution in [2.45, 2.75) is 6.61 Å². The summed E-state index contributed by atoms with van der Waals surface area (Å²) in [6.07, 6.45) is 0. The third kappa shape index (κ3) is 5.12. The number of benzene rings is 2. The second-order valence-electron chi connectivity index (χ2n) is 5.13. The highest BCUT2D eigenvalue weighted by Crippen LogP contribution is 2.26. The molecule has 0 aliphatic carbocycles. The number of hydrogen-bond acceptors (Lipinski definition) is 6. The van der Waals surface area contributed by atoms with Crippen LogP contribution in [0.15, 0.2) is 42.5 Å². The van der Waals surface area contributed by atoms with E-state index in [2.05, 4.69) is 10.6 Å². The summed E-state index contributed by atoms with van der Waals surface area (Å²) in [5.41, 5.74) is 0.995. The van der Waals surface area contributed by atoms with E-state index in [1.165, 1.54) is 14.2 Å². The lowest BCUT2D eigenvalue weighted by molar-refractivity contribution is -0.121. The van der Waals surface area contributed by atoms with Gasteiger partial charge in [0.25, 0.3) is 5.91 Å². The Labute approximate surface area is 150 Å². The molecule has 138 valence electrons. The average molecular weight is 360 g/mol. The Morgan fingerprint density at radius 2 is 1.69 bits per heavy atom. The maximum atomic E-state index is 12.0. The fourth-order valence-electron chi connectivity index (χ4n) is 2.13. The van der Waals surface area contributed by atoms with Crippen molar-refractivity contribution < 1.29 is 28.9 Å². The summed E-state index contributed by atoms with van der Waals surface area (Å²) < 4.78 is 15.6. The lowest BCUT2D eigenvalue weighted by atomic mass is 10.2. The molecule has 2 aromatic carbocycles. The number of urea groups is 1. The first-order chi connectivity index (χ1) is 12.6. The Morgan fingerprint density at radius 3 is 2.35 bits per heavy atom. The zero-order valence-corrected chi connectivity index (χ0v) is 14.4. The van der Waals surface area contributed by atoms with E-state index in [1.807, 2.05) is 0 Å². The van der Waals surface area contributed by atoms with Crippen LogP contribution in [-0.2, 0) is 11.4 Å². The molecule has 0 heterocycles. The van der Waals surface area contributed by atoms with Crippen LogP contribution >= 0.6 is 0 Å². The predicted octanol–water partition coefficient (Wildman–Crippen LogP) is 1.92. The van der Waals surface area contributed by atoms with Gasteiger partial charge in [-0.1, -0.05) is 18.2 Å². The molecule has 0 spiro atoms. The minimum Gasteiger partial charge on any atom is -0.495 e. The molecule has 0 atom stereocenters. The van der Waals surface area contributed by atoms with Crippen LogP contribution in [0.25, 0.3) is 0 Å². The smallest absolute Gasteiger partial charge is 0.326 e. The summed E-state index contributed by atoms with van der Waals surface area (Å²) in [7, 11) is 2.93. The fourth-order valence-corrected chi connectivity index (χ4v) is 2.13. The van der Waals surface area contributed by atoms with Crippen LogP contribution in [-0.4, -0.2) is 37.9 Å². The Hall–Kier alpha value is -3.26. The number of aliphatic hydroxyl groups is 1. The number of aliphatic hydroxyl groups excluding tert-OH is 1. The first-order valence-corrected chi connectivity index (χ1v) is 7.71. The summed E-state index contributed by atoms with van der Waals surface area (Å²) in [5.74, 6) is 0.619. The number of rotatable bonds is 7. The number of nitrogens with one attached hydrogen (secondary N) is 2. The van der Waals surface area contributed by atoms with Gasteiger partial charge in [-0.25, -0.2) is 4.79 Å². The van der Waals surface area contributed by atoms with Gasteiger partial charge in [-0.3, -0.25) is 10.1 Å². The summed E-state index contributed by atoms with van der Waals surface area (Å²) in [6.45, 7) is -0.504. The van der Waals surface area contributed by atoms with E-state index >= 15 is 0 Å². The van der Waals surface area contributed by atoms with E-state index in [0.717, 1.165) is 0 Å². The Bertz CT molecular complexity index is 778.